The summed E-state index contributed by atoms with van der Waals surface area (Å²) in [6.45, 7) is 5.84. The molecule has 9 nitrogen and oxygen atoms in total. The van der Waals surface area contributed by atoms with Crippen molar-refractivity contribution in [3.05, 3.63) is 77.4 Å². The zero-order chi connectivity index (χ0) is 29.1. The van der Waals surface area contributed by atoms with Gasteiger partial charge in [-0.3, -0.25) is 9.10 Å². The van der Waals surface area contributed by atoms with Crippen LogP contribution < -0.4 is 14.4 Å². The largest absolute Gasteiger partial charge is 0.495 e. The number of anilines is 2. The number of amides is 1. The first-order valence-electron chi connectivity index (χ1n) is 13.1. The summed E-state index contributed by atoms with van der Waals surface area (Å²) in [6.07, 6.45) is 2.57. The predicted molar refractivity (Wildman–Crippen MR) is 156 cm³/mol. The van der Waals surface area contributed by atoms with Crippen molar-refractivity contribution in [2.75, 3.05) is 36.4 Å². The minimum atomic E-state index is -4.12. The second-order valence-corrected chi connectivity index (χ2v) is 13.8. The molecular formula is C29H35N3O6S2. The number of aryl methyl sites for hydroxylation is 3. The van der Waals surface area contributed by atoms with Gasteiger partial charge in [0.1, 0.15) is 12.3 Å². The van der Waals surface area contributed by atoms with Crippen LogP contribution >= 0.6 is 0 Å². The fraction of sp³-hybridized carbons (Fsp3) is 0.345. The Balaban J connectivity index is 1.68. The predicted octanol–water partition coefficient (Wildman–Crippen LogP) is 4.63. The van der Waals surface area contributed by atoms with Crippen molar-refractivity contribution in [1.29, 1.82) is 0 Å². The summed E-state index contributed by atoms with van der Waals surface area (Å²) in [5.41, 5.74) is 2.94. The Morgan fingerprint density at radius 1 is 0.850 bits per heavy atom. The first-order chi connectivity index (χ1) is 18.9. The number of hydrogen-bond acceptors (Lipinski definition) is 6. The number of nitrogens with zero attached hydrogens (tertiary/aromatic N) is 2. The van der Waals surface area contributed by atoms with Gasteiger partial charge in [0.2, 0.25) is 15.9 Å². The number of methoxy groups -OCH3 is 1. The Morgan fingerprint density at radius 2 is 1.48 bits per heavy atom. The van der Waals surface area contributed by atoms with E-state index < -0.39 is 32.5 Å². The van der Waals surface area contributed by atoms with Crippen LogP contribution in [-0.4, -0.2) is 53.8 Å². The van der Waals surface area contributed by atoms with Gasteiger partial charge in [-0.2, -0.15) is 4.31 Å². The van der Waals surface area contributed by atoms with Gasteiger partial charge in [0, 0.05) is 13.1 Å². The fourth-order valence-electron chi connectivity index (χ4n) is 4.64. The zero-order valence-corrected chi connectivity index (χ0v) is 24.8. The molecule has 0 aliphatic carbocycles. The maximum Gasteiger partial charge on any atom is 0.264 e. The second kappa shape index (κ2) is 12.0. The number of rotatable bonds is 9. The molecule has 40 heavy (non-hydrogen) atoms. The molecule has 1 amide bonds. The third-order valence-electron chi connectivity index (χ3n) is 6.93. The Bertz CT molecular complexity index is 1600. The molecule has 4 rings (SSSR count). The summed E-state index contributed by atoms with van der Waals surface area (Å²) in [5.74, 6) is -0.395. The van der Waals surface area contributed by atoms with Crippen molar-refractivity contribution in [1.82, 2.24) is 4.31 Å². The van der Waals surface area contributed by atoms with Crippen LogP contribution in [0, 0.1) is 20.8 Å². The van der Waals surface area contributed by atoms with Gasteiger partial charge in [0.05, 0.1) is 28.3 Å². The number of carbonyl (C=O) groups excluding carboxylic acids is 1. The van der Waals surface area contributed by atoms with E-state index in [1.807, 2.05) is 19.9 Å². The molecule has 11 heteroatoms. The number of ether oxygens (including phenoxy) is 1. The lowest BCUT2D eigenvalue weighted by molar-refractivity contribution is -0.114. The van der Waals surface area contributed by atoms with Crippen molar-refractivity contribution in [2.45, 2.75) is 49.8 Å². The summed E-state index contributed by atoms with van der Waals surface area (Å²) in [4.78, 5) is 13.5. The SMILES string of the molecule is COc1ccc(S(=O)(=O)N2CCCCC2)cc1NC(=O)CN(c1cc(C)ccc1C)S(=O)(=O)c1ccc(C)cc1. The summed E-state index contributed by atoms with van der Waals surface area (Å²) in [6, 6.07) is 16.1. The van der Waals surface area contributed by atoms with Gasteiger partial charge < -0.3 is 10.1 Å². The minimum absolute atomic E-state index is 0.0316. The minimum Gasteiger partial charge on any atom is -0.495 e. The van der Waals surface area contributed by atoms with E-state index in [4.69, 9.17) is 4.74 Å². The summed E-state index contributed by atoms with van der Waals surface area (Å²) in [5, 5.41) is 2.69. The van der Waals surface area contributed by atoms with E-state index >= 15 is 0 Å². The van der Waals surface area contributed by atoms with Crippen molar-refractivity contribution >= 4 is 37.3 Å². The standard InChI is InChI=1S/C29H35N3O6S2/c1-21-9-12-24(13-10-21)40(36,37)32(27-18-22(2)8-11-23(27)3)20-29(33)30-26-19-25(14-15-28(26)38-4)39(34,35)31-16-6-5-7-17-31/h8-15,18-19H,5-7,16-17,20H2,1-4H3,(H,30,33). The molecule has 1 N–H and O–H groups in total. The van der Waals surface area contributed by atoms with Crippen molar-refractivity contribution < 1.29 is 26.4 Å². The molecule has 1 heterocycles. The van der Waals surface area contributed by atoms with E-state index in [1.165, 1.54) is 41.7 Å². The molecule has 0 bridgehead atoms. The molecule has 0 spiro atoms. The molecule has 0 unspecified atom stereocenters. The molecule has 3 aromatic carbocycles. The monoisotopic (exact) mass is 585 g/mol. The maximum atomic E-state index is 13.8. The highest BCUT2D eigenvalue weighted by Crippen LogP contribution is 2.31. The highest BCUT2D eigenvalue weighted by Gasteiger charge is 2.30. The van der Waals surface area contributed by atoms with Crippen molar-refractivity contribution in [2.24, 2.45) is 0 Å². The van der Waals surface area contributed by atoms with Crippen LogP contribution in [0.1, 0.15) is 36.0 Å². The van der Waals surface area contributed by atoms with Gasteiger partial charge in [-0.1, -0.05) is 36.2 Å². The summed E-state index contributed by atoms with van der Waals surface area (Å²) >= 11 is 0. The van der Waals surface area contributed by atoms with Gasteiger partial charge >= 0.3 is 0 Å². The molecule has 0 saturated carbocycles. The number of sulfonamides is 2. The number of piperidine rings is 1. The molecule has 1 aliphatic rings. The van der Waals surface area contributed by atoms with Crippen LogP contribution in [0.2, 0.25) is 0 Å². The van der Waals surface area contributed by atoms with E-state index in [0.717, 1.165) is 34.7 Å². The molecule has 0 atom stereocenters. The number of benzene rings is 3. The summed E-state index contributed by atoms with van der Waals surface area (Å²) in [7, 11) is -6.47. The topological polar surface area (TPSA) is 113 Å². The molecule has 214 valence electrons. The lowest BCUT2D eigenvalue weighted by Gasteiger charge is -2.27. The van der Waals surface area contributed by atoms with E-state index in [2.05, 4.69) is 5.32 Å². The van der Waals surface area contributed by atoms with Crippen LogP contribution in [0.3, 0.4) is 0 Å². The Labute approximate surface area is 236 Å². The van der Waals surface area contributed by atoms with Crippen LogP contribution in [-0.2, 0) is 24.8 Å². The van der Waals surface area contributed by atoms with Gasteiger partial charge in [0.15, 0.2) is 0 Å². The number of carbonyl (C=O) groups is 1. The molecule has 0 radical (unpaired) electrons. The molecule has 3 aromatic rings. The third-order valence-corrected chi connectivity index (χ3v) is 10.6. The lowest BCUT2D eigenvalue weighted by Crippen LogP contribution is -2.38. The normalized spacial score (nSPS) is 14.5. The van der Waals surface area contributed by atoms with Crippen molar-refractivity contribution in [3.63, 3.8) is 0 Å². The summed E-state index contributed by atoms with van der Waals surface area (Å²) < 4.78 is 62.0. The van der Waals surface area contributed by atoms with E-state index in [-0.39, 0.29) is 21.2 Å². The van der Waals surface area contributed by atoms with E-state index in [1.54, 1.807) is 31.2 Å². The molecule has 1 aliphatic heterocycles. The quantitative estimate of drug-likeness (QED) is 0.392. The van der Waals surface area contributed by atoms with Crippen LogP contribution in [0.15, 0.2) is 70.5 Å². The first kappa shape index (κ1) is 29.6. The Morgan fingerprint density at radius 3 is 2.12 bits per heavy atom. The van der Waals surface area contributed by atoms with Crippen LogP contribution in [0.25, 0.3) is 0 Å². The van der Waals surface area contributed by atoms with Gasteiger partial charge in [0.25, 0.3) is 10.0 Å². The van der Waals surface area contributed by atoms with Crippen molar-refractivity contribution in [3.8, 4) is 5.75 Å². The maximum absolute atomic E-state index is 13.8. The molecule has 0 aromatic heterocycles. The highest BCUT2D eigenvalue weighted by atomic mass is 32.2. The smallest absolute Gasteiger partial charge is 0.264 e. The first-order valence-corrected chi connectivity index (χ1v) is 16.0. The van der Waals surface area contributed by atoms with Gasteiger partial charge in [-0.25, -0.2) is 16.8 Å². The number of hydrogen-bond donors (Lipinski definition) is 1. The van der Waals surface area contributed by atoms with E-state index in [9.17, 15) is 21.6 Å². The Hall–Kier alpha value is -3.41. The molecule has 1 fully saturated rings. The van der Waals surface area contributed by atoms with Gasteiger partial charge in [-0.05, 0) is 81.1 Å². The lowest BCUT2D eigenvalue weighted by atomic mass is 10.1. The Kier molecular flexibility index (Phi) is 8.86. The highest BCUT2D eigenvalue weighted by molar-refractivity contribution is 7.92. The van der Waals surface area contributed by atoms with E-state index in [0.29, 0.717) is 24.3 Å². The fourth-order valence-corrected chi connectivity index (χ4v) is 7.67. The van der Waals surface area contributed by atoms with Crippen LogP contribution in [0.4, 0.5) is 11.4 Å². The second-order valence-electron chi connectivity index (χ2n) is 9.99. The van der Waals surface area contributed by atoms with Gasteiger partial charge in [-0.15, -0.1) is 0 Å². The average Bonchev–Trinajstić information content (AvgIpc) is 2.93. The molecular weight excluding hydrogens is 550 g/mol. The number of nitrogens with one attached hydrogen (secondary N) is 1. The zero-order valence-electron chi connectivity index (χ0n) is 23.2. The third kappa shape index (κ3) is 6.32. The van der Waals surface area contributed by atoms with Crippen LogP contribution in [0.5, 0.6) is 5.75 Å². The molecule has 1 saturated heterocycles. The average molecular weight is 586 g/mol.